The summed E-state index contributed by atoms with van der Waals surface area (Å²) in [5, 5.41) is 0.702. The van der Waals surface area contributed by atoms with Crippen molar-refractivity contribution in [2.75, 3.05) is 0 Å². The molecule has 1 aromatic rings. The predicted molar refractivity (Wildman–Crippen MR) is 61.4 cm³/mol. The summed E-state index contributed by atoms with van der Waals surface area (Å²) < 4.78 is 5.64. The van der Waals surface area contributed by atoms with Crippen molar-refractivity contribution < 1.29 is 9.53 Å². The number of allylic oxidation sites excluding steroid dienone is 1. The summed E-state index contributed by atoms with van der Waals surface area (Å²) in [5.74, 6) is 0.0960. The Kier molecular flexibility index (Phi) is 2.16. The lowest BCUT2D eigenvalue weighted by molar-refractivity contribution is -0.120. The fourth-order valence-electron chi connectivity index (χ4n) is 2.28. The van der Waals surface area contributed by atoms with E-state index in [1.54, 1.807) is 6.08 Å². The maximum atomic E-state index is 11.8. The van der Waals surface area contributed by atoms with Crippen molar-refractivity contribution in [3.63, 3.8) is 0 Å². The summed E-state index contributed by atoms with van der Waals surface area (Å²) in [4.78, 5) is 11.8. The Balaban J connectivity index is 1.88. The number of hydrogen-bond acceptors (Lipinski definition) is 2. The van der Waals surface area contributed by atoms with E-state index < -0.39 is 5.60 Å². The summed E-state index contributed by atoms with van der Waals surface area (Å²) in [7, 11) is 0. The highest BCUT2D eigenvalue weighted by Crippen LogP contribution is 2.54. The van der Waals surface area contributed by atoms with Gasteiger partial charge in [0.15, 0.2) is 11.4 Å². The van der Waals surface area contributed by atoms with Gasteiger partial charge in [0.05, 0.1) is 0 Å². The number of hydrogen-bond donors (Lipinski definition) is 0. The molecule has 1 fully saturated rings. The summed E-state index contributed by atoms with van der Waals surface area (Å²) in [6, 6.07) is 7.51. The third-order valence-electron chi connectivity index (χ3n) is 3.24. The van der Waals surface area contributed by atoms with Gasteiger partial charge in [-0.05, 0) is 36.6 Å². The Bertz CT molecular complexity index is 463. The van der Waals surface area contributed by atoms with Crippen molar-refractivity contribution in [3.05, 3.63) is 47.0 Å². The van der Waals surface area contributed by atoms with Gasteiger partial charge in [-0.2, -0.15) is 0 Å². The van der Waals surface area contributed by atoms with Crippen LogP contribution in [-0.4, -0.2) is 11.4 Å². The van der Waals surface area contributed by atoms with E-state index in [4.69, 9.17) is 16.3 Å². The second kappa shape index (κ2) is 3.44. The first kappa shape index (κ1) is 10.1. The van der Waals surface area contributed by atoms with Crippen LogP contribution in [0.5, 0.6) is 0 Å². The van der Waals surface area contributed by atoms with Gasteiger partial charge in [-0.3, -0.25) is 4.79 Å². The van der Waals surface area contributed by atoms with Gasteiger partial charge in [0.2, 0.25) is 0 Å². The van der Waals surface area contributed by atoms with E-state index in [0.29, 0.717) is 5.02 Å². The van der Waals surface area contributed by atoms with E-state index in [9.17, 15) is 4.79 Å². The van der Waals surface area contributed by atoms with Crippen LogP contribution in [0.4, 0.5) is 0 Å². The molecule has 1 aliphatic heterocycles. The SMILES string of the molecule is O=C1C=CCCC12OC2c1ccc(Cl)cc1. The van der Waals surface area contributed by atoms with Crippen LogP contribution in [0.25, 0.3) is 0 Å². The van der Waals surface area contributed by atoms with Crippen molar-refractivity contribution in [2.45, 2.75) is 24.5 Å². The first-order valence-corrected chi connectivity index (χ1v) is 5.74. The molecule has 1 spiro atoms. The molecule has 2 nitrogen and oxygen atoms in total. The van der Waals surface area contributed by atoms with E-state index >= 15 is 0 Å². The molecule has 3 heteroatoms. The molecule has 3 rings (SSSR count). The van der Waals surface area contributed by atoms with Gasteiger partial charge >= 0.3 is 0 Å². The summed E-state index contributed by atoms with van der Waals surface area (Å²) >= 11 is 5.82. The van der Waals surface area contributed by atoms with E-state index in [1.165, 1.54) is 0 Å². The maximum Gasteiger partial charge on any atom is 0.190 e. The summed E-state index contributed by atoms with van der Waals surface area (Å²) in [6.07, 6.45) is 5.17. The lowest BCUT2D eigenvalue weighted by Gasteiger charge is -2.12. The van der Waals surface area contributed by atoms with Crippen LogP contribution in [0.3, 0.4) is 0 Å². The van der Waals surface area contributed by atoms with Crippen LogP contribution < -0.4 is 0 Å². The van der Waals surface area contributed by atoms with Crippen molar-refractivity contribution >= 4 is 17.4 Å². The first-order valence-electron chi connectivity index (χ1n) is 5.37. The molecular formula is C13H11ClO2. The number of ether oxygens (including phenoxy) is 1. The number of epoxide rings is 1. The minimum absolute atomic E-state index is 0.0813. The lowest BCUT2D eigenvalue weighted by atomic mass is 9.87. The van der Waals surface area contributed by atoms with E-state index in [-0.39, 0.29) is 11.9 Å². The highest BCUT2D eigenvalue weighted by atomic mass is 35.5. The monoisotopic (exact) mass is 234 g/mol. The molecule has 0 radical (unpaired) electrons. The second-order valence-electron chi connectivity index (χ2n) is 4.24. The minimum Gasteiger partial charge on any atom is -0.352 e. The molecular weight excluding hydrogens is 224 g/mol. The Morgan fingerprint density at radius 2 is 2.06 bits per heavy atom. The van der Waals surface area contributed by atoms with Crippen molar-refractivity contribution in [1.29, 1.82) is 0 Å². The molecule has 1 heterocycles. The van der Waals surface area contributed by atoms with Crippen LogP contribution in [0.2, 0.25) is 5.02 Å². The molecule has 0 bridgehead atoms. The third kappa shape index (κ3) is 1.41. The molecule has 2 atom stereocenters. The molecule has 0 amide bonds. The maximum absolute atomic E-state index is 11.8. The van der Waals surface area contributed by atoms with E-state index in [1.807, 2.05) is 30.3 Å². The molecule has 0 saturated carbocycles. The number of carbonyl (C=O) groups is 1. The van der Waals surface area contributed by atoms with Crippen LogP contribution in [0.1, 0.15) is 24.5 Å². The van der Waals surface area contributed by atoms with Crippen molar-refractivity contribution in [1.82, 2.24) is 0 Å². The van der Waals surface area contributed by atoms with Gasteiger partial charge in [-0.15, -0.1) is 0 Å². The number of halogens is 1. The fraction of sp³-hybridized carbons (Fsp3) is 0.308. The topological polar surface area (TPSA) is 29.6 Å². The van der Waals surface area contributed by atoms with Crippen molar-refractivity contribution in [3.8, 4) is 0 Å². The van der Waals surface area contributed by atoms with Gasteiger partial charge in [0.1, 0.15) is 6.10 Å². The second-order valence-corrected chi connectivity index (χ2v) is 4.68. The van der Waals surface area contributed by atoms with Gasteiger partial charge < -0.3 is 4.74 Å². The highest BCUT2D eigenvalue weighted by molar-refractivity contribution is 6.30. The van der Waals surface area contributed by atoms with Gasteiger partial charge in [0, 0.05) is 5.02 Å². The Hall–Kier alpha value is -1.12. The fourth-order valence-corrected chi connectivity index (χ4v) is 2.41. The Labute approximate surface area is 98.9 Å². The van der Waals surface area contributed by atoms with E-state index in [2.05, 4.69) is 0 Å². The zero-order valence-electron chi connectivity index (χ0n) is 8.65. The van der Waals surface area contributed by atoms with Gasteiger partial charge in [-0.25, -0.2) is 0 Å². The third-order valence-corrected chi connectivity index (χ3v) is 3.49. The molecule has 1 aromatic carbocycles. The zero-order valence-corrected chi connectivity index (χ0v) is 9.41. The quantitative estimate of drug-likeness (QED) is 0.699. The highest BCUT2D eigenvalue weighted by Gasteiger charge is 2.61. The predicted octanol–water partition coefficient (Wildman–Crippen LogP) is 3.07. The smallest absolute Gasteiger partial charge is 0.190 e. The normalized spacial score (nSPS) is 32.1. The van der Waals surface area contributed by atoms with Crippen molar-refractivity contribution in [2.24, 2.45) is 0 Å². The standard InChI is InChI=1S/C13H11ClO2/c14-10-6-4-9(5-7-10)12-13(16-12)8-2-1-3-11(13)15/h1,3-7,12H,2,8H2. The zero-order chi connectivity index (χ0) is 11.2. The van der Waals surface area contributed by atoms with Crippen LogP contribution in [-0.2, 0) is 9.53 Å². The Morgan fingerprint density at radius 3 is 2.75 bits per heavy atom. The summed E-state index contributed by atoms with van der Waals surface area (Å²) in [6.45, 7) is 0. The first-order chi connectivity index (χ1) is 7.72. The molecule has 0 N–H and O–H groups in total. The van der Waals surface area contributed by atoms with E-state index in [0.717, 1.165) is 18.4 Å². The van der Waals surface area contributed by atoms with Crippen LogP contribution >= 0.6 is 11.6 Å². The molecule has 0 aromatic heterocycles. The number of benzene rings is 1. The number of rotatable bonds is 1. The number of ketones is 1. The largest absolute Gasteiger partial charge is 0.352 e. The Morgan fingerprint density at radius 1 is 1.31 bits per heavy atom. The average Bonchev–Trinajstić information content (AvgIpc) is 3.00. The molecule has 82 valence electrons. The minimum atomic E-state index is -0.567. The van der Waals surface area contributed by atoms with Gasteiger partial charge in [0.25, 0.3) is 0 Å². The molecule has 2 unspecified atom stereocenters. The molecule has 1 aliphatic carbocycles. The lowest BCUT2D eigenvalue weighted by Crippen LogP contribution is -2.25. The molecule has 2 aliphatic rings. The van der Waals surface area contributed by atoms with Crippen LogP contribution in [0.15, 0.2) is 36.4 Å². The molecule has 16 heavy (non-hydrogen) atoms. The summed E-state index contributed by atoms with van der Waals surface area (Å²) in [5.41, 5.74) is 0.468. The number of carbonyl (C=O) groups excluding carboxylic acids is 1. The average molecular weight is 235 g/mol. The van der Waals surface area contributed by atoms with Gasteiger partial charge in [-0.1, -0.05) is 29.8 Å². The van der Waals surface area contributed by atoms with Crippen LogP contribution in [0, 0.1) is 0 Å². The molecule has 1 saturated heterocycles.